The molecule has 0 bridgehead atoms. The molecule has 94 valence electrons. The van der Waals surface area contributed by atoms with Crippen LogP contribution in [0.2, 0.25) is 0 Å². The largest absolute Gasteiger partial charge is 0.495 e. The van der Waals surface area contributed by atoms with Crippen LogP contribution in [0.4, 0.5) is 5.69 Å². The maximum Gasteiger partial charge on any atom is 0.141 e. The van der Waals surface area contributed by atoms with Gasteiger partial charge in [0.2, 0.25) is 0 Å². The van der Waals surface area contributed by atoms with E-state index in [1.54, 1.807) is 13.3 Å². The number of nitrogens with one attached hydrogen (secondary N) is 1. The van der Waals surface area contributed by atoms with Crippen LogP contribution >= 0.6 is 0 Å². The van der Waals surface area contributed by atoms with E-state index in [0.717, 1.165) is 17.1 Å². The Kier molecular flexibility index (Phi) is 3.82. The van der Waals surface area contributed by atoms with Gasteiger partial charge in [0.15, 0.2) is 0 Å². The zero-order chi connectivity index (χ0) is 13.0. The highest BCUT2D eigenvalue weighted by Gasteiger charge is 2.09. The Labute approximate surface area is 108 Å². The van der Waals surface area contributed by atoms with Gasteiger partial charge in [-0.3, -0.25) is 4.98 Å². The molecule has 18 heavy (non-hydrogen) atoms. The SMILES string of the molecule is COc1ccc(C)cc1NC(C)c1ccccn1. The number of pyridine rings is 1. The van der Waals surface area contributed by atoms with E-state index in [0.29, 0.717) is 0 Å². The van der Waals surface area contributed by atoms with Gasteiger partial charge in [0.25, 0.3) is 0 Å². The Morgan fingerprint density at radius 3 is 2.72 bits per heavy atom. The standard InChI is InChI=1S/C15H18N2O/c1-11-7-8-15(18-3)14(10-11)17-12(2)13-6-4-5-9-16-13/h4-10,12,17H,1-3H3. The molecular formula is C15H18N2O. The molecule has 0 radical (unpaired) electrons. The Bertz CT molecular complexity index is 511. The third-order valence-electron chi connectivity index (χ3n) is 2.86. The molecule has 1 unspecified atom stereocenters. The first-order valence-electron chi connectivity index (χ1n) is 6.03. The lowest BCUT2D eigenvalue weighted by Gasteiger charge is -2.17. The summed E-state index contributed by atoms with van der Waals surface area (Å²) >= 11 is 0. The second-order valence-corrected chi connectivity index (χ2v) is 4.32. The minimum Gasteiger partial charge on any atom is -0.495 e. The van der Waals surface area contributed by atoms with Gasteiger partial charge in [-0.1, -0.05) is 12.1 Å². The Morgan fingerprint density at radius 2 is 2.06 bits per heavy atom. The van der Waals surface area contributed by atoms with Crippen molar-refractivity contribution in [3.05, 3.63) is 53.9 Å². The van der Waals surface area contributed by atoms with Crippen molar-refractivity contribution in [2.45, 2.75) is 19.9 Å². The van der Waals surface area contributed by atoms with Gasteiger partial charge in [0.05, 0.1) is 24.5 Å². The number of hydrogen-bond acceptors (Lipinski definition) is 3. The third kappa shape index (κ3) is 2.80. The predicted molar refractivity (Wildman–Crippen MR) is 74.0 cm³/mol. The number of benzene rings is 1. The van der Waals surface area contributed by atoms with E-state index in [2.05, 4.69) is 30.2 Å². The molecule has 3 heteroatoms. The highest BCUT2D eigenvalue weighted by atomic mass is 16.5. The minimum absolute atomic E-state index is 0.141. The maximum absolute atomic E-state index is 5.35. The third-order valence-corrected chi connectivity index (χ3v) is 2.86. The van der Waals surface area contributed by atoms with Gasteiger partial charge in [0.1, 0.15) is 5.75 Å². The summed E-state index contributed by atoms with van der Waals surface area (Å²) in [7, 11) is 1.68. The fraction of sp³-hybridized carbons (Fsp3) is 0.267. The summed E-state index contributed by atoms with van der Waals surface area (Å²) < 4.78 is 5.35. The van der Waals surface area contributed by atoms with Crippen LogP contribution in [0.5, 0.6) is 5.75 Å². The molecule has 2 rings (SSSR count). The van der Waals surface area contributed by atoms with Gasteiger partial charge < -0.3 is 10.1 Å². The molecule has 1 N–H and O–H groups in total. The summed E-state index contributed by atoms with van der Waals surface area (Å²) in [5.41, 5.74) is 3.21. The summed E-state index contributed by atoms with van der Waals surface area (Å²) in [5, 5.41) is 3.43. The molecule has 0 saturated carbocycles. The summed E-state index contributed by atoms with van der Waals surface area (Å²) in [5.74, 6) is 0.850. The van der Waals surface area contributed by atoms with Crippen LogP contribution in [-0.4, -0.2) is 12.1 Å². The van der Waals surface area contributed by atoms with Gasteiger partial charge in [-0.05, 0) is 43.7 Å². The lowest BCUT2D eigenvalue weighted by Crippen LogP contribution is -2.09. The van der Waals surface area contributed by atoms with Crippen molar-refractivity contribution in [3.8, 4) is 5.75 Å². The van der Waals surface area contributed by atoms with Crippen molar-refractivity contribution in [1.29, 1.82) is 0 Å². The summed E-state index contributed by atoms with van der Waals surface area (Å²) in [6.07, 6.45) is 1.81. The highest BCUT2D eigenvalue weighted by Crippen LogP contribution is 2.28. The zero-order valence-corrected chi connectivity index (χ0v) is 11.0. The first-order chi connectivity index (χ1) is 8.70. The number of ether oxygens (including phenoxy) is 1. The summed E-state index contributed by atoms with van der Waals surface area (Å²) in [6.45, 7) is 4.15. The number of aromatic nitrogens is 1. The van der Waals surface area contributed by atoms with Crippen molar-refractivity contribution in [1.82, 2.24) is 4.98 Å². The van der Waals surface area contributed by atoms with Gasteiger partial charge in [-0.25, -0.2) is 0 Å². The maximum atomic E-state index is 5.35. The summed E-state index contributed by atoms with van der Waals surface area (Å²) in [4.78, 5) is 4.35. The topological polar surface area (TPSA) is 34.1 Å². The van der Waals surface area contributed by atoms with Crippen LogP contribution < -0.4 is 10.1 Å². The van der Waals surface area contributed by atoms with E-state index in [1.165, 1.54) is 5.56 Å². The fourth-order valence-corrected chi connectivity index (χ4v) is 1.87. The minimum atomic E-state index is 0.141. The molecule has 2 aromatic rings. The summed E-state index contributed by atoms with van der Waals surface area (Å²) in [6, 6.07) is 12.2. The molecule has 1 aromatic heterocycles. The van der Waals surface area contributed by atoms with Crippen LogP contribution in [-0.2, 0) is 0 Å². The van der Waals surface area contributed by atoms with Crippen molar-refractivity contribution < 1.29 is 4.74 Å². The average Bonchev–Trinajstić information content (AvgIpc) is 2.40. The zero-order valence-electron chi connectivity index (χ0n) is 11.0. The van der Waals surface area contributed by atoms with Crippen molar-refractivity contribution >= 4 is 5.69 Å². The van der Waals surface area contributed by atoms with E-state index >= 15 is 0 Å². The van der Waals surface area contributed by atoms with Crippen molar-refractivity contribution in [2.24, 2.45) is 0 Å². The second-order valence-electron chi connectivity index (χ2n) is 4.32. The fourth-order valence-electron chi connectivity index (χ4n) is 1.87. The molecular weight excluding hydrogens is 224 g/mol. The van der Waals surface area contributed by atoms with Gasteiger partial charge in [-0.15, -0.1) is 0 Å². The van der Waals surface area contributed by atoms with Gasteiger partial charge >= 0.3 is 0 Å². The number of methoxy groups -OCH3 is 1. The van der Waals surface area contributed by atoms with Crippen LogP contribution in [0.25, 0.3) is 0 Å². The molecule has 0 fully saturated rings. The van der Waals surface area contributed by atoms with E-state index < -0.39 is 0 Å². The highest BCUT2D eigenvalue weighted by molar-refractivity contribution is 5.58. The first-order valence-corrected chi connectivity index (χ1v) is 6.03. The smallest absolute Gasteiger partial charge is 0.141 e. The van der Waals surface area contributed by atoms with Crippen LogP contribution in [0.15, 0.2) is 42.6 Å². The normalized spacial score (nSPS) is 11.9. The molecule has 0 aliphatic heterocycles. The number of rotatable bonds is 4. The Balaban J connectivity index is 2.21. The quantitative estimate of drug-likeness (QED) is 0.890. The molecule has 1 aromatic carbocycles. The monoisotopic (exact) mass is 242 g/mol. The van der Waals surface area contributed by atoms with Crippen molar-refractivity contribution in [3.63, 3.8) is 0 Å². The molecule has 0 aliphatic carbocycles. The van der Waals surface area contributed by atoms with E-state index in [1.807, 2.05) is 30.3 Å². The molecule has 0 aliphatic rings. The molecule has 0 spiro atoms. The Morgan fingerprint density at radius 1 is 1.22 bits per heavy atom. The number of anilines is 1. The average molecular weight is 242 g/mol. The van der Waals surface area contributed by atoms with Gasteiger partial charge in [0, 0.05) is 6.20 Å². The molecule has 0 amide bonds. The molecule has 0 saturated heterocycles. The first kappa shape index (κ1) is 12.4. The van der Waals surface area contributed by atoms with Gasteiger partial charge in [-0.2, -0.15) is 0 Å². The van der Waals surface area contributed by atoms with Crippen LogP contribution in [0, 0.1) is 6.92 Å². The number of nitrogens with zero attached hydrogens (tertiary/aromatic N) is 1. The number of aryl methyl sites for hydroxylation is 1. The number of hydrogen-bond donors (Lipinski definition) is 1. The second kappa shape index (κ2) is 5.54. The molecule has 1 atom stereocenters. The molecule has 3 nitrogen and oxygen atoms in total. The van der Waals surface area contributed by atoms with Crippen LogP contribution in [0.1, 0.15) is 24.2 Å². The van der Waals surface area contributed by atoms with E-state index in [4.69, 9.17) is 4.74 Å². The lowest BCUT2D eigenvalue weighted by molar-refractivity contribution is 0.416. The van der Waals surface area contributed by atoms with Crippen molar-refractivity contribution in [2.75, 3.05) is 12.4 Å². The van der Waals surface area contributed by atoms with E-state index in [-0.39, 0.29) is 6.04 Å². The van der Waals surface area contributed by atoms with E-state index in [9.17, 15) is 0 Å². The lowest BCUT2D eigenvalue weighted by atomic mass is 10.1. The molecule has 1 heterocycles. The predicted octanol–water partition coefficient (Wildman–Crippen LogP) is 3.57. The van der Waals surface area contributed by atoms with Crippen LogP contribution in [0.3, 0.4) is 0 Å². The Hall–Kier alpha value is -2.03.